The van der Waals surface area contributed by atoms with E-state index in [4.69, 9.17) is 4.43 Å². The summed E-state index contributed by atoms with van der Waals surface area (Å²) >= 11 is 0. The van der Waals surface area contributed by atoms with E-state index in [0.717, 1.165) is 6.29 Å². The van der Waals surface area contributed by atoms with Crippen LogP contribution < -0.4 is 10.4 Å². The summed E-state index contributed by atoms with van der Waals surface area (Å²) in [7, 11) is -2.50. The molecule has 138 valence electrons. The maximum Gasteiger partial charge on any atom is 0.261 e. The summed E-state index contributed by atoms with van der Waals surface area (Å²) in [5.74, 6) is 0. The standard InChI is InChI=1S/C23H30O2Si/c1-22(2,3)26(20-13-8-6-9-14-20,21-15-10-7-11-16-21)25-18-12-17-23(4,5)19-24/h6-17,19H,18H2,1-5H3/b17-12+. The van der Waals surface area contributed by atoms with Crippen LogP contribution in [0.1, 0.15) is 34.6 Å². The summed E-state index contributed by atoms with van der Waals surface area (Å²) in [5, 5.41) is 2.49. The highest BCUT2D eigenvalue weighted by Gasteiger charge is 2.49. The Balaban J connectivity index is 2.49. The lowest BCUT2D eigenvalue weighted by Crippen LogP contribution is -2.66. The van der Waals surface area contributed by atoms with Crippen LogP contribution in [0, 0.1) is 5.41 Å². The molecule has 0 saturated heterocycles. The smallest absolute Gasteiger partial charge is 0.261 e. The summed E-state index contributed by atoms with van der Waals surface area (Å²) in [6.45, 7) is 11.1. The second-order valence-electron chi connectivity index (χ2n) is 8.32. The molecule has 0 saturated carbocycles. The van der Waals surface area contributed by atoms with Gasteiger partial charge in [0.15, 0.2) is 0 Å². The second kappa shape index (κ2) is 8.15. The van der Waals surface area contributed by atoms with Gasteiger partial charge < -0.3 is 9.22 Å². The van der Waals surface area contributed by atoms with E-state index in [-0.39, 0.29) is 5.04 Å². The Morgan fingerprint density at radius 1 is 0.846 bits per heavy atom. The largest absolute Gasteiger partial charge is 0.404 e. The molecule has 0 fully saturated rings. The molecule has 0 radical (unpaired) electrons. The molecular weight excluding hydrogens is 336 g/mol. The van der Waals surface area contributed by atoms with Crippen molar-refractivity contribution in [1.82, 2.24) is 0 Å². The summed E-state index contributed by atoms with van der Waals surface area (Å²) in [4.78, 5) is 11.1. The molecule has 0 spiro atoms. The summed E-state index contributed by atoms with van der Waals surface area (Å²) in [6.07, 6.45) is 4.87. The molecule has 0 aliphatic heterocycles. The molecule has 0 aromatic heterocycles. The molecule has 0 aliphatic carbocycles. The lowest BCUT2D eigenvalue weighted by atomic mass is 9.96. The van der Waals surface area contributed by atoms with Crippen molar-refractivity contribution >= 4 is 25.0 Å². The van der Waals surface area contributed by atoms with Gasteiger partial charge in [-0.1, -0.05) is 93.6 Å². The van der Waals surface area contributed by atoms with E-state index in [9.17, 15) is 4.79 Å². The van der Waals surface area contributed by atoms with Crippen molar-refractivity contribution in [2.45, 2.75) is 39.7 Å². The Hall–Kier alpha value is -1.97. The molecule has 0 bridgehead atoms. The first-order valence-corrected chi connectivity index (χ1v) is 11.0. The minimum absolute atomic E-state index is 0.0380. The van der Waals surface area contributed by atoms with E-state index in [0.29, 0.717) is 6.61 Å². The predicted octanol–water partition coefficient (Wildman–Crippen LogP) is 4.34. The molecule has 2 aromatic rings. The Kier molecular flexibility index (Phi) is 6.38. The first kappa shape index (κ1) is 20.3. The van der Waals surface area contributed by atoms with Crippen LogP contribution in [0.2, 0.25) is 5.04 Å². The summed E-state index contributed by atoms with van der Waals surface area (Å²) in [6, 6.07) is 21.2. The normalized spacial score (nSPS) is 13.1. The van der Waals surface area contributed by atoms with Crippen molar-refractivity contribution in [3.8, 4) is 0 Å². The van der Waals surface area contributed by atoms with Gasteiger partial charge in [0.25, 0.3) is 8.32 Å². The fourth-order valence-corrected chi connectivity index (χ4v) is 7.83. The molecule has 2 aromatic carbocycles. The van der Waals surface area contributed by atoms with Crippen LogP contribution in [0.4, 0.5) is 0 Å². The number of benzene rings is 2. The zero-order chi connectivity index (χ0) is 19.3. The Morgan fingerprint density at radius 2 is 1.31 bits per heavy atom. The van der Waals surface area contributed by atoms with Gasteiger partial charge >= 0.3 is 0 Å². The Labute approximate surface area is 159 Å². The fraction of sp³-hybridized carbons (Fsp3) is 0.348. The first-order valence-electron chi connectivity index (χ1n) is 9.12. The van der Waals surface area contributed by atoms with E-state index in [1.807, 2.05) is 38.1 Å². The maximum absolute atomic E-state index is 11.1. The van der Waals surface area contributed by atoms with E-state index >= 15 is 0 Å². The quantitative estimate of drug-likeness (QED) is 0.414. The molecule has 0 unspecified atom stereocenters. The van der Waals surface area contributed by atoms with Crippen LogP contribution in [-0.2, 0) is 9.22 Å². The van der Waals surface area contributed by atoms with Gasteiger partial charge in [0.05, 0.1) is 6.61 Å². The van der Waals surface area contributed by atoms with Gasteiger partial charge in [0.2, 0.25) is 0 Å². The number of aldehydes is 1. The minimum Gasteiger partial charge on any atom is -0.404 e. The number of rotatable bonds is 7. The summed E-state index contributed by atoms with van der Waals surface area (Å²) < 4.78 is 6.74. The molecule has 2 rings (SSSR count). The van der Waals surface area contributed by atoms with Gasteiger partial charge in [-0.2, -0.15) is 0 Å². The molecule has 2 nitrogen and oxygen atoms in total. The van der Waals surface area contributed by atoms with Crippen LogP contribution in [0.3, 0.4) is 0 Å². The molecular formula is C23H30O2Si. The number of carbonyl (C=O) groups is 1. The van der Waals surface area contributed by atoms with Gasteiger partial charge in [-0.05, 0) is 29.3 Å². The maximum atomic E-state index is 11.1. The van der Waals surface area contributed by atoms with Gasteiger partial charge in [-0.25, -0.2) is 0 Å². The zero-order valence-corrected chi connectivity index (χ0v) is 17.5. The molecule has 0 N–H and O–H groups in total. The third kappa shape index (κ3) is 4.40. The van der Waals surface area contributed by atoms with Crippen molar-refractivity contribution in [3.05, 3.63) is 72.8 Å². The van der Waals surface area contributed by atoms with Crippen LogP contribution in [-0.4, -0.2) is 21.2 Å². The third-order valence-corrected chi connectivity index (χ3v) is 9.67. The highest BCUT2D eigenvalue weighted by molar-refractivity contribution is 6.99. The van der Waals surface area contributed by atoms with Crippen molar-refractivity contribution in [1.29, 1.82) is 0 Å². The number of hydrogen-bond acceptors (Lipinski definition) is 2. The van der Waals surface area contributed by atoms with Crippen LogP contribution in [0.5, 0.6) is 0 Å². The molecule has 0 amide bonds. The van der Waals surface area contributed by atoms with Gasteiger partial charge in [-0.15, -0.1) is 0 Å². The van der Waals surface area contributed by atoms with E-state index in [1.165, 1.54) is 10.4 Å². The fourth-order valence-electron chi connectivity index (χ4n) is 3.33. The Morgan fingerprint density at radius 3 is 1.69 bits per heavy atom. The Bertz CT molecular complexity index is 688. The molecule has 3 heteroatoms. The number of allylic oxidation sites excluding steroid dienone is 1. The monoisotopic (exact) mass is 366 g/mol. The molecule has 0 aliphatic rings. The van der Waals surface area contributed by atoms with E-state index in [1.54, 1.807) is 0 Å². The van der Waals surface area contributed by atoms with Crippen molar-refractivity contribution in [2.75, 3.05) is 6.61 Å². The lowest BCUT2D eigenvalue weighted by Gasteiger charge is -2.42. The van der Waals surface area contributed by atoms with E-state index < -0.39 is 13.7 Å². The second-order valence-corrected chi connectivity index (χ2v) is 12.6. The minimum atomic E-state index is -2.50. The van der Waals surface area contributed by atoms with Crippen molar-refractivity contribution in [3.63, 3.8) is 0 Å². The zero-order valence-electron chi connectivity index (χ0n) is 16.5. The molecule has 26 heavy (non-hydrogen) atoms. The summed E-state index contributed by atoms with van der Waals surface area (Å²) in [5.41, 5.74) is -0.463. The van der Waals surface area contributed by atoms with Gasteiger partial charge in [0, 0.05) is 5.41 Å². The number of hydrogen-bond donors (Lipinski definition) is 0. The van der Waals surface area contributed by atoms with Crippen molar-refractivity contribution < 1.29 is 9.22 Å². The van der Waals surface area contributed by atoms with Crippen molar-refractivity contribution in [2.24, 2.45) is 5.41 Å². The number of carbonyl (C=O) groups excluding carboxylic acids is 1. The topological polar surface area (TPSA) is 26.3 Å². The first-order chi connectivity index (χ1) is 12.2. The van der Waals surface area contributed by atoms with E-state index in [2.05, 4.69) is 69.3 Å². The highest BCUT2D eigenvalue weighted by atomic mass is 28.4. The van der Waals surface area contributed by atoms with Gasteiger partial charge in [0.1, 0.15) is 6.29 Å². The lowest BCUT2D eigenvalue weighted by molar-refractivity contribution is -0.112. The SMILES string of the molecule is CC(C)(C=O)/C=C/CO[Si](c1ccccc1)(c1ccccc1)C(C)(C)C. The highest BCUT2D eigenvalue weighted by Crippen LogP contribution is 2.36. The van der Waals surface area contributed by atoms with Crippen LogP contribution in [0.25, 0.3) is 0 Å². The van der Waals surface area contributed by atoms with Gasteiger partial charge in [-0.3, -0.25) is 0 Å². The predicted molar refractivity (Wildman–Crippen MR) is 113 cm³/mol. The average Bonchev–Trinajstić information content (AvgIpc) is 2.62. The molecule has 0 heterocycles. The van der Waals surface area contributed by atoms with Crippen LogP contribution >= 0.6 is 0 Å². The third-order valence-electron chi connectivity index (χ3n) is 4.66. The van der Waals surface area contributed by atoms with Crippen LogP contribution in [0.15, 0.2) is 72.8 Å². The average molecular weight is 367 g/mol. The molecule has 0 atom stereocenters.